The Balaban J connectivity index is 1.70. The van der Waals surface area contributed by atoms with Gasteiger partial charge in [0.05, 0.1) is 13.7 Å². The quantitative estimate of drug-likeness (QED) is 0.768. The SMILES string of the molecule is COc1cc(C)ccc1OCCNC(=O)NCc1ccccc1C. The number of carbonyl (C=O) groups excluding carboxylic acids is 1. The molecule has 24 heavy (non-hydrogen) atoms. The molecule has 0 atom stereocenters. The van der Waals surface area contributed by atoms with E-state index in [4.69, 9.17) is 9.47 Å². The molecule has 2 rings (SSSR count). The summed E-state index contributed by atoms with van der Waals surface area (Å²) in [7, 11) is 1.61. The first-order chi connectivity index (χ1) is 11.6. The molecule has 0 bridgehead atoms. The van der Waals surface area contributed by atoms with Crippen LogP contribution in [0.4, 0.5) is 4.79 Å². The lowest BCUT2D eigenvalue weighted by Crippen LogP contribution is -2.37. The van der Waals surface area contributed by atoms with Gasteiger partial charge in [-0.1, -0.05) is 30.3 Å². The maximum absolute atomic E-state index is 11.8. The zero-order chi connectivity index (χ0) is 17.4. The molecular formula is C19H24N2O3. The van der Waals surface area contributed by atoms with Gasteiger partial charge in [0.2, 0.25) is 0 Å². The molecule has 0 unspecified atom stereocenters. The number of amides is 2. The van der Waals surface area contributed by atoms with Gasteiger partial charge >= 0.3 is 6.03 Å². The van der Waals surface area contributed by atoms with Crippen molar-refractivity contribution in [3.05, 3.63) is 59.2 Å². The third-order valence-electron chi connectivity index (χ3n) is 3.66. The number of ether oxygens (including phenoxy) is 2. The van der Waals surface area contributed by atoms with Crippen LogP contribution < -0.4 is 20.1 Å². The highest BCUT2D eigenvalue weighted by atomic mass is 16.5. The predicted molar refractivity (Wildman–Crippen MR) is 94.6 cm³/mol. The van der Waals surface area contributed by atoms with Crippen molar-refractivity contribution in [3.63, 3.8) is 0 Å². The van der Waals surface area contributed by atoms with Crippen LogP contribution in [-0.2, 0) is 6.54 Å². The van der Waals surface area contributed by atoms with E-state index in [9.17, 15) is 4.79 Å². The summed E-state index contributed by atoms with van der Waals surface area (Å²) < 4.78 is 10.9. The summed E-state index contributed by atoms with van der Waals surface area (Å²) in [6, 6.07) is 13.5. The van der Waals surface area contributed by atoms with E-state index < -0.39 is 0 Å². The number of hydrogen-bond donors (Lipinski definition) is 2. The van der Waals surface area contributed by atoms with Gasteiger partial charge in [-0.05, 0) is 42.7 Å². The molecule has 0 aromatic heterocycles. The van der Waals surface area contributed by atoms with E-state index >= 15 is 0 Å². The van der Waals surface area contributed by atoms with Crippen LogP contribution in [-0.4, -0.2) is 26.3 Å². The van der Waals surface area contributed by atoms with Crippen molar-refractivity contribution >= 4 is 6.03 Å². The van der Waals surface area contributed by atoms with Crippen molar-refractivity contribution < 1.29 is 14.3 Å². The monoisotopic (exact) mass is 328 g/mol. The second-order valence-corrected chi connectivity index (χ2v) is 5.54. The lowest BCUT2D eigenvalue weighted by molar-refractivity contribution is 0.235. The number of nitrogens with one attached hydrogen (secondary N) is 2. The van der Waals surface area contributed by atoms with Crippen molar-refractivity contribution in [2.75, 3.05) is 20.3 Å². The number of aryl methyl sites for hydroxylation is 2. The molecule has 0 fully saturated rings. The summed E-state index contributed by atoms with van der Waals surface area (Å²) >= 11 is 0. The third-order valence-corrected chi connectivity index (χ3v) is 3.66. The molecular weight excluding hydrogens is 304 g/mol. The molecule has 5 heteroatoms. The molecule has 5 nitrogen and oxygen atoms in total. The van der Waals surface area contributed by atoms with E-state index in [0.717, 1.165) is 16.7 Å². The van der Waals surface area contributed by atoms with Crippen LogP contribution in [0.3, 0.4) is 0 Å². The van der Waals surface area contributed by atoms with Gasteiger partial charge in [0.1, 0.15) is 6.61 Å². The number of hydrogen-bond acceptors (Lipinski definition) is 3. The van der Waals surface area contributed by atoms with Crippen LogP contribution in [0, 0.1) is 13.8 Å². The van der Waals surface area contributed by atoms with Gasteiger partial charge in [-0.3, -0.25) is 0 Å². The van der Waals surface area contributed by atoms with Gasteiger partial charge in [-0.15, -0.1) is 0 Å². The van der Waals surface area contributed by atoms with Crippen LogP contribution in [0.1, 0.15) is 16.7 Å². The first-order valence-electron chi connectivity index (χ1n) is 7.94. The third kappa shape index (κ3) is 5.19. The summed E-state index contributed by atoms with van der Waals surface area (Å²) in [6.45, 7) is 5.31. The maximum Gasteiger partial charge on any atom is 0.315 e. The van der Waals surface area contributed by atoms with Crippen molar-refractivity contribution in [1.29, 1.82) is 0 Å². The summed E-state index contributed by atoms with van der Waals surface area (Å²) in [5, 5.41) is 5.61. The van der Waals surface area contributed by atoms with E-state index in [2.05, 4.69) is 10.6 Å². The van der Waals surface area contributed by atoms with Crippen molar-refractivity contribution in [1.82, 2.24) is 10.6 Å². The topological polar surface area (TPSA) is 59.6 Å². The smallest absolute Gasteiger partial charge is 0.315 e. The van der Waals surface area contributed by atoms with E-state index in [1.165, 1.54) is 0 Å². The lowest BCUT2D eigenvalue weighted by atomic mass is 10.1. The minimum atomic E-state index is -0.210. The summed E-state index contributed by atoms with van der Waals surface area (Å²) in [5.74, 6) is 1.37. The van der Waals surface area contributed by atoms with Gasteiger partial charge in [0.15, 0.2) is 11.5 Å². The molecule has 0 aliphatic rings. The van der Waals surface area contributed by atoms with E-state index in [1.54, 1.807) is 7.11 Å². The number of methoxy groups -OCH3 is 1. The Hall–Kier alpha value is -2.69. The molecule has 0 aliphatic heterocycles. The molecule has 0 spiro atoms. The Morgan fingerprint density at radius 2 is 1.83 bits per heavy atom. The molecule has 2 amide bonds. The largest absolute Gasteiger partial charge is 0.493 e. The molecule has 0 heterocycles. The van der Waals surface area contributed by atoms with Crippen molar-refractivity contribution in [2.45, 2.75) is 20.4 Å². The highest BCUT2D eigenvalue weighted by molar-refractivity contribution is 5.73. The fourth-order valence-electron chi connectivity index (χ4n) is 2.27. The molecule has 0 radical (unpaired) electrons. The fraction of sp³-hybridized carbons (Fsp3) is 0.316. The number of benzene rings is 2. The first kappa shape index (κ1) is 17.7. The molecule has 0 saturated heterocycles. The molecule has 0 aliphatic carbocycles. The van der Waals surface area contributed by atoms with Crippen molar-refractivity contribution in [2.24, 2.45) is 0 Å². The Morgan fingerprint density at radius 3 is 2.58 bits per heavy atom. The zero-order valence-electron chi connectivity index (χ0n) is 14.4. The van der Waals surface area contributed by atoms with Crippen LogP contribution in [0.2, 0.25) is 0 Å². The number of carbonyl (C=O) groups is 1. The summed E-state index contributed by atoms with van der Waals surface area (Å²) in [4.78, 5) is 11.8. The van der Waals surface area contributed by atoms with Crippen LogP contribution >= 0.6 is 0 Å². The highest BCUT2D eigenvalue weighted by Crippen LogP contribution is 2.27. The van der Waals surface area contributed by atoms with E-state index in [1.807, 2.05) is 56.3 Å². The normalized spacial score (nSPS) is 10.1. The minimum absolute atomic E-state index is 0.210. The second kappa shape index (κ2) is 8.82. The van der Waals surface area contributed by atoms with Crippen LogP contribution in [0.25, 0.3) is 0 Å². The van der Waals surface area contributed by atoms with Gasteiger partial charge < -0.3 is 20.1 Å². The number of urea groups is 1. The Kier molecular flexibility index (Phi) is 6.49. The average molecular weight is 328 g/mol. The van der Waals surface area contributed by atoms with E-state index in [-0.39, 0.29) is 6.03 Å². The van der Waals surface area contributed by atoms with E-state index in [0.29, 0.717) is 31.2 Å². The Labute approximate surface area is 143 Å². The minimum Gasteiger partial charge on any atom is -0.493 e. The highest BCUT2D eigenvalue weighted by Gasteiger charge is 2.05. The molecule has 2 aromatic carbocycles. The predicted octanol–water partition coefficient (Wildman–Crippen LogP) is 3.19. The number of rotatable bonds is 7. The Bertz CT molecular complexity index is 686. The molecule has 128 valence electrons. The van der Waals surface area contributed by atoms with Gasteiger partial charge in [-0.25, -0.2) is 4.79 Å². The average Bonchev–Trinajstić information content (AvgIpc) is 2.59. The standard InChI is InChI=1S/C19H24N2O3/c1-14-8-9-17(18(12-14)23-3)24-11-10-20-19(22)21-13-16-7-5-4-6-15(16)2/h4-9,12H,10-11,13H2,1-3H3,(H2,20,21,22). The maximum atomic E-state index is 11.8. The zero-order valence-corrected chi connectivity index (χ0v) is 14.4. The summed E-state index contributed by atoms with van der Waals surface area (Å²) in [6.07, 6.45) is 0. The fourth-order valence-corrected chi connectivity index (χ4v) is 2.27. The van der Waals surface area contributed by atoms with Gasteiger partial charge in [-0.2, -0.15) is 0 Å². The lowest BCUT2D eigenvalue weighted by Gasteiger charge is -2.12. The summed E-state index contributed by atoms with van der Waals surface area (Å²) in [5.41, 5.74) is 3.37. The Morgan fingerprint density at radius 1 is 1.04 bits per heavy atom. The first-order valence-corrected chi connectivity index (χ1v) is 7.94. The van der Waals surface area contributed by atoms with Crippen molar-refractivity contribution in [3.8, 4) is 11.5 Å². The molecule has 0 saturated carbocycles. The van der Waals surface area contributed by atoms with Gasteiger partial charge in [0.25, 0.3) is 0 Å². The van der Waals surface area contributed by atoms with Crippen LogP contribution in [0.5, 0.6) is 11.5 Å². The van der Waals surface area contributed by atoms with Gasteiger partial charge in [0, 0.05) is 6.54 Å². The molecule has 2 aromatic rings. The van der Waals surface area contributed by atoms with Crippen LogP contribution in [0.15, 0.2) is 42.5 Å². The second-order valence-electron chi connectivity index (χ2n) is 5.54. The molecule has 2 N–H and O–H groups in total.